The predicted octanol–water partition coefficient (Wildman–Crippen LogP) is -1.33. The Bertz CT molecular complexity index is 192. The molecular weight excluding hydrogens is 188 g/mol. The highest BCUT2D eigenvalue weighted by Crippen LogP contribution is 2.12. The van der Waals surface area contributed by atoms with Crippen LogP contribution in [0.3, 0.4) is 0 Å². The molecule has 0 unspecified atom stereocenters. The lowest BCUT2D eigenvalue weighted by Crippen LogP contribution is -2.48. The van der Waals surface area contributed by atoms with Gasteiger partial charge >= 0.3 is 0 Å². The van der Waals surface area contributed by atoms with Gasteiger partial charge in [0.15, 0.2) is 5.78 Å². The van der Waals surface area contributed by atoms with Crippen LogP contribution in [-0.4, -0.2) is 50.6 Å². The number of ketones is 1. The summed E-state index contributed by atoms with van der Waals surface area (Å²) in [5, 5.41) is 37.1. The molecule has 0 radical (unpaired) electrons. The minimum atomic E-state index is -1.65. The van der Waals surface area contributed by atoms with Crippen molar-refractivity contribution in [3.8, 4) is 0 Å². The van der Waals surface area contributed by atoms with E-state index >= 15 is 0 Å². The van der Waals surface area contributed by atoms with Gasteiger partial charge in [-0.2, -0.15) is 0 Å². The van der Waals surface area contributed by atoms with Gasteiger partial charge in [-0.1, -0.05) is 13.8 Å². The third-order valence-corrected chi connectivity index (χ3v) is 2.12. The Labute approximate surface area is 83.0 Å². The molecule has 0 bridgehead atoms. The third kappa shape index (κ3) is 3.34. The maximum Gasteiger partial charge on any atom is 0.160 e. The average Bonchev–Trinajstić information content (AvgIpc) is 2.12. The minimum absolute atomic E-state index is 0.265. The van der Waals surface area contributed by atoms with E-state index in [0.29, 0.717) is 0 Å². The molecular formula is C9H18O5. The Balaban J connectivity index is 4.37. The van der Waals surface area contributed by atoms with Crippen molar-refractivity contribution < 1.29 is 25.2 Å². The van der Waals surface area contributed by atoms with Crippen molar-refractivity contribution >= 4 is 5.78 Å². The maximum atomic E-state index is 10.7. The number of aliphatic hydroxyl groups is 4. The smallest absolute Gasteiger partial charge is 0.160 e. The van der Waals surface area contributed by atoms with Gasteiger partial charge in [-0.3, -0.25) is 4.79 Å². The van der Waals surface area contributed by atoms with E-state index in [-0.39, 0.29) is 5.92 Å². The third-order valence-electron chi connectivity index (χ3n) is 2.12. The molecule has 0 spiro atoms. The van der Waals surface area contributed by atoms with Crippen molar-refractivity contribution in [2.24, 2.45) is 5.92 Å². The van der Waals surface area contributed by atoms with Crippen molar-refractivity contribution in [3.63, 3.8) is 0 Å². The summed E-state index contributed by atoms with van der Waals surface area (Å²) < 4.78 is 0. The van der Waals surface area contributed by atoms with Crippen LogP contribution < -0.4 is 0 Å². The molecule has 4 atom stereocenters. The summed E-state index contributed by atoms with van der Waals surface area (Å²) in [5.41, 5.74) is 0. The highest BCUT2D eigenvalue weighted by Gasteiger charge is 2.33. The van der Waals surface area contributed by atoms with Crippen LogP contribution in [0.15, 0.2) is 0 Å². The summed E-state index contributed by atoms with van der Waals surface area (Å²) in [7, 11) is 0. The van der Waals surface area contributed by atoms with E-state index in [9.17, 15) is 20.1 Å². The molecule has 0 aromatic carbocycles. The van der Waals surface area contributed by atoms with Crippen LogP contribution in [0.2, 0.25) is 0 Å². The van der Waals surface area contributed by atoms with Crippen molar-refractivity contribution in [2.45, 2.75) is 45.2 Å². The van der Waals surface area contributed by atoms with Crippen LogP contribution in [0.25, 0.3) is 0 Å². The quantitative estimate of drug-likeness (QED) is 0.447. The number of Topliss-reactive ketones (excluding diaryl/α,β-unsaturated/α-hetero) is 1. The van der Waals surface area contributed by atoms with E-state index < -0.39 is 30.2 Å². The SMILES string of the molecule is CC(=O)[C@@H](O)[C@H](O)[C@H](O)[C@@H](O)C(C)C. The fourth-order valence-corrected chi connectivity index (χ4v) is 1.02. The lowest BCUT2D eigenvalue weighted by Gasteiger charge is -2.27. The first-order chi connectivity index (χ1) is 6.29. The monoisotopic (exact) mass is 206 g/mol. The van der Waals surface area contributed by atoms with E-state index in [4.69, 9.17) is 5.11 Å². The molecule has 84 valence electrons. The predicted molar refractivity (Wildman–Crippen MR) is 49.5 cm³/mol. The van der Waals surface area contributed by atoms with Crippen LogP contribution in [0, 0.1) is 5.92 Å². The number of carbonyl (C=O) groups is 1. The fraction of sp³-hybridized carbons (Fsp3) is 0.889. The van der Waals surface area contributed by atoms with Gasteiger partial charge in [-0.15, -0.1) is 0 Å². The maximum absolute atomic E-state index is 10.7. The lowest BCUT2D eigenvalue weighted by molar-refractivity contribution is -0.145. The zero-order chi connectivity index (χ0) is 11.5. The molecule has 0 fully saturated rings. The van der Waals surface area contributed by atoms with Crippen LogP contribution >= 0.6 is 0 Å². The van der Waals surface area contributed by atoms with Crippen LogP contribution in [-0.2, 0) is 4.79 Å². The zero-order valence-corrected chi connectivity index (χ0v) is 8.58. The van der Waals surface area contributed by atoms with E-state index in [1.807, 2.05) is 0 Å². The van der Waals surface area contributed by atoms with Gasteiger partial charge in [-0.05, 0) is 12.8 Å². The summed E-state index contributed by atoms with van der Waals surface area (Å²) in [5.74, 6) is -0.911. The Morgan fingerprint density at radius 2 is 1.36 bits per heavy atom. The molecule has 14 heavy (non-hydrogen) atoms. The molecule has 0 aromatic rings. The molecule has 0 saturated heterocycles. The number of aliphatic hydroxyl groups excluding tert-OH is 4. The molecule has 0 aliphatic rings. The first-order valence-electron chi connectivity index (χ1n) is 4.51. The average molecular weight is 206 g/mol. The van der Waals surface area contributed by atoms with Gasteiger partial charge in [0.1, 0.15) is 18.3 Å². The molecule has 0 amide bonds. The highest BCUT2D eigenvalue weighted by atomic mass is 16.4. The first kappa shape index (κ1) is 13.5. The number of hydrogen-bond acceptors (Lipinski definition) is 5. The Hall–Kier alpha value is -0.490. The molecule has 0 aliphatic heterocycles. The van der Waals surface area contributed by atoms with Gasteiger partial charge in [0.05, 0.1) is 6.10 Å². The van der Waals surface area contributed by atoms with Crippen molar-refractivity contribution in [1.82, 2.24) is 0 Å². The van der Waals surface area contributed by atoms with Gasteiger partial charge in [0, 0.05) is 0 Å². The van der Waals surface area contributed by atoms with Gasteiger partial charge in [0.25, 0.3) is 0 Å². The van der Waals surface area contributed by atoms with Gasteiger partial charge < -0.3 is 20.4 Å². The standard InChI is InChI=1S/C9H18O5/c1-4(2)6(11)8(13)9(14)7(12)5(3)10/h4,6-9,11-14H,1-3H3/t6-,7+,8+,9-/m0/s1. The highest BCUT2D eigenvalue weighted by molar-refractivity contribution is 5.80. The second-order valence-corrected chi connectivity index (χ2v) is 3.77. The van der Waals surface area contributed by atoms with Crippen molar-refractivity contribution in [3.05, 3.63) is 0 Å². The first-order valence-corrected chi connectivity index (χ1v) is 4.51. The van der Waals surface area contributed by atoms with Crippen LogP contribution in [0.1, 0.15) is 20.8 Å². The normalized spacial score (nSPS) is 20.3. The van der Waals surface area contributed by atoms with Crippen molar-refractivity contribution in [1.29, 1.82) is 0 Å². The molecule has 0 heterocycles. The van der Waals surface area contributed by atoms with Crippen LogP contribution in [0.4, 0.5) is 0 Å². The van der Waals surface area contributed by atoms with E-state index in [2.05, 4.69) is 0 Å². The molecule has 0 aliphatic carbocycles. The Kier molecular flexibility index (Phi) is 5.22. The van der Waals surface area contributed by atoms with Gasteiger partial charge in [-0.25, -0.2) is 0 Å². The molecule has 0 saturated carbocycles. The Morgan fingerprint density at radius 3 is 1.64 bits per heavy atom. The van der Waals surface area contributed by atoms with Gasteiger partial charge in [0.2, 0.25) is 0 Å². The fourth-order valence-electron chi connectivity index (χ4n) is 1.02. The molecule has 0 rings (SSSR count). The lowest BCUT2D eigenvalue weighted by atomic mass is 9.94. The second kappa shape index (κ2) is 5.41. The number of carbonyl (C=O) groups excluding carboxylic acids is 1. The number of rotatable bonds is 5. The summed E-state index contributed by atoms with van der Waals surface area (Å²) in [4.78, 5) is 10.7. The molecule has 0 aromatic heterocycles. The number of hydrogen-bond donors (Lipinski definition) is 4. The zero-order valence-electron chi connectivity index (χ0n) is 8.58. The topological polar surface area (TPSA) is 98.0 Å². The van der Waals surface area contributed by atoms with E-state index in [1.54, 1.807) is 13.8 Å². The Morgan fingerprint density at radius 1 is 0.929 bits per heavy atom. The summed E-state index contributed by atoms with van der Waals surface area (Å²) >= 11 is 0. The molecule has 5 nitrogen and oxygen atoms in total. The van der Waals surface area contributed by atoms with Crippen LogP contribution in [0.5, 0.6) is 0 Å². The summed E-state index contributed by atoms with van der Waals surface area (Å²) in [6.45, 7) is 4.41. The second-order valence-electron chi connectivity index (χ2n) is 3.77. The minimum Gasteiger partial charge on any atom is -0.390 e. The summed E-state index contributed by atoms with van der Waals surface area (Å²) in [6, 6.07) is 0. The van der Waals surface area contributed by atoms with Crippen molar-refractivity contribution in [2.75, 3.05) is 0 Å². The largest absolute Gasteiger partial charge is 0.390 e. The van der Waals surface area contributed by atoms with E-state index in [1.165, 1.54) is 0 Å². The van der Waals surface area contributed by atoms with E-state index in [0.717, 1.165) is 6.92 Å². The molecule has 4 N–H and O–H groups in total. The molecule has 5 heteroatoms. The summed E-state index contributed by atoms with van der Waals surface area (Å²) in [6.07, 6.45) is -5.99.